The summed E-state index contributed by atoms with van der Waals surface area (Å²) >= 11 is 0. The number of aromatic nitrogens is 2. The molecule has 0 saturated heterocycles. The first kappa shape index (κ1) is 20.3. The van der Waals surface area contributed by atoms with Crippen molar-refractivity contribution in [2.24, 2.45) is 5.92 Å². The Morgan fingerprint density at radius 2 is 1.76 bits per heavy atom. The molecule has 2 N–H and O–H groups in total. The van der Waals surface area contributed by atoms with Crippen LogP contribution in [0, 0.1) is 5.92 Å². The number of hydrogen-bond donors (Lipinski definition) is 2. The number of hydrogen-bond acceptors (Lipinski definition) is 4. The highest BCUT2D eigenvalue weighted by molar-refractivity contribution is 6.09. The van der Waals surface area contributed by atoms with Crippen LogP contribution in [-0.4, -0.2) is 33.5 Å². The van der Waals surface area contributed by atoms with Gasteiger partial charge in [0.1, 0.15) is 0 Å². The van der Waals surface area contributed by atoms with Crippen LogP contribution in [-0.2, 0) is 0 Å². The summed E-state index contributed by atoms with van der Waals surface area (Å²) in [5.74, 6) is -0.150. The van der Waals surface area contributed by atoms with Crippen LogP contribution in [0.2, 0.25) is 0 Å². The number of anilines is 1. The number of fused-ring (bicyclic) bond motifs is 1. The van der Waals surface area contributed by atoms with Gasteiger partial charge in [0.05, 0.1) is 5.52 Å². The van der Waals surface area contributed by atoms with Crippen molar-refractivity contribution in [3.63, 3.8) is 0 Å². The van der Waals surface area contributed by atoms with Crippen LogP contribution in [0.25, 0.3) is 5.52 Å². The standard InChI is InChI=1S/C22H24N4O3/c1-14(2)11-12-23-22(29)20-25-19(18-6-4-5-13-26(18)20)21(28)24-17-9-7-16(8-10-17)15(3)27/h4-10,13-14H,11-12H2,1-3H3,(H,23,29)(H,24,28). The second-order valence-corrected chi connectivity index (χ2v) is 7.27. The molecule has 7 nitrogen and oxygen atoms in total. The van der Waals surface area contributed by atoms with Crippen molar-refractivity contribution in [1.29, 1.82) is 0 Å². The minimum absolute atomic E-state index is 0.0453. The lowest BCUT2D eigenvalue weighted by atomic mass is 10.1. The van der Waals surface area contributed by atoms with Gasteiger partial charge in [-0.15, -0.1) is 0 Å². The van der Waals surface area contributed by atoms with E-state index in [4.69, 9.17) is 0 Å². The molecule has 2 heterocycles. The third kappa shape index (κ3) is 4.68. The molecule has 2 amide bonds. The molecule has 2 aromatic heterocycles. The molecular weight excluding hydrogens is 368 g/mol. The van der Waals surface area contributed by atoms with Crippen LogP contribution < -0.4 is 10.6 Å². The second-order valence-electron chi connectivity index (χ2n) is 7.27. The van der Waals surface area contributed by atoms with E-state index in [1.807, 2.05) is 0 Å². The summed E-state index contributed by atoms with van der Waals surface area (Å²) in [7, 11) is 0. The van der Waals surface area contributed by atoms with E-state index in [-0.39, 0.29) is 23.2 Å². The van der Waals surface area contributed by atoms with Gasteiger partial charge in [0.15, 0.2) is 11.5 Å². The quantitative estimate of drug-likeness (QED) is 0.601. The van der Waals surface area contributed by atoms with Crippen LogP contribution in [0.15, 0.2) is 48.7 Å². The summed E-state index contributed by atoms with van der Waals surface area (Å²) < 4.78 is 1.61. The lowest BCUT2D eigenvalue weighted by molar-refractivity contribution is 0.0940. The average molecular weight is 392 g/mol. The minimum Gasteiger partial charge on any atom is -0.349 e. The Morgan fingerprint density at radius 1 is 1.03 bits per heavy atom. The largest absolute Gasteiger partial charge is 0.349 e. The van der Waals surface area contributed by atoms with Gasteiger partial charge in [-0.25, -0.2) is 4.98 Å². The van der Waals surface area contributed by atoms with E-state index in [1.54, 1.807) is 53.1 Å². The van der Waals surface area contributed by atoms with E-state index >= 15 is 0 Å². The third-order valence-electron chi connectivity index (χ3n) is 4.52. The van der Waals surface area contributed by atoms with Crippen molar-refractivity contribution in [2.45, 2.75) is 27.2 Å². The number of carbonyl (C=O) groups is 3. The number of Topliss-reactive ketones (excluding diaryl/α,β-unsaturated/α-hetero) is 1. The molecule has 3 rings (SSSR count). The molecule has 7 heteroatoms. The van der Waals surface area contributed by atoms with Gasteiger partial charge in [-0.05, 0) is 55.7 Å². The van der Waals surface area contributed by atoms with Crippen molar-refractivity contribution < 1.29 is 14.4 Å². The molecule has 0 spiro atoms. The van der Waals surface area contributed by atoms with Crippen molar-refractivity contribution in [1.82, 2.24) is 14.7 Å². The Morgan fingerprint density at radius 3 is 2.41 bits per heavy atom. The molecule has 0 aliphatic carbocycles. The van der Waals surface area contributed by atoms with Crippen LogP contribution in [0.1, 0.15) is 58.7 Å². The Hall–Kier alpha value is -3.48. The van der Waals surface area contributed by atoms with Gasteiger partial charge in [0.2, 0.25) is 5.82 Å². The second kappa shape index (κ2) is 8.68. The van der Waals surface area contributed by atoms with Crippen molar-refractivity contribution >= 4 is 28.8 Å². The molecule has 150 valence electrons. The topological polar surface area (TPSA) is 92.6 Å². The normalized spacial score (nSPS) is 10.9. The number of rotatable bonds is 7. The van der Waals surface area contributed by atoms with E-state index in [1.165, 1.54) is 6.92 Å². The predicted octanol–water partition coefficient (Wildman–Crippen LogP) is 3.57. The highest BCUT2D eigenvalue weighted by Gasteiger charge is 2.21. The van der Waals surface area contributed by atoms with E-state index < -0.39 is 5.91 Å². The molecule has 0 bridgehead atoms. The van der Waals surface area contributed by atoms with Crippen LogP contribution in [0.5, 0.6) is 0 Å². The zero-order chi connectivity index (χ0) is 21.0. The highest BCUT2D eigenvalue weighted by Crippen LogP contribution is 2.17. The van der Waals surface area contributed by atoms with Gasteiger partial charge in [0, 0.05) is 24.0 Å². The first-order chi connectivity index (χ1) is 13.9. The molecule has 0 atom stereocenters. The molecule has 0 saturated carbocycles. The molecule has 0 radical (unpaired) electrons. The van der Waals surface area contributed by atoms with Gasteiger partial charge in [-0.3, -0.25) is 18.8 Å². The van der Waals surface area contributed by atoms with E-state index in [2.05, 4.69) is 29.5 Å². The maximum Gasteiger partial charge on any atom is 0.287 e. The first-order valence-electron chi connectivity index (χ1n) is 9.54. The number of pyridine rings is 1. The van der Waals surface area contributed by atoms with Gasteiger partial charge in [-0.1, -0.05) is 19.9 Å². The lowest BCUT2D eigenvalue weighted by Crippen LogP contribution is -2.27. The number of amides is 2. The fourth-order valence-corrected chi connectivity index (χ4v) is 2.90. The Balaban J connectivity index is 1.84. The summed E-state index contributed by atoms with van der Waals surface area (Å²) in [5, 5.41) is 5.62. The van der Waals surface area contributed by atoms with Crippen LogP contribution in [0.4, 0.5) is 5.69 Å². The Bertz CT molecular complexity index is 1050. The number of nitrogens with zero attached hydrogens (tertiary/aromatic N) is 2. The molecule has 0 aliphatic rings. The van der Waals surface area contributed by atoms with Gasteiger partial charge in [0.25, 0.3) is 11.8 Å². The molecular formula is C22H24N4O3. The molecule has 0 unspecified atom stereocenters. The highest BCUT2D eigenvalue weighted by atomic mass is 16.2. The molecule has 1 aromatic carbocycles. The van der Waals surface area contributed by atoms with Gasteiger partial charge in [-0.2, -0.15) is 0 Å². The van der Waals surface area contributed by atoms with Crippen molar-refractivity contribution in [3.05, 3.63) is 65.7 Å². The fourth-order valence-electron chi connectivity index (χ4n) is 2.90. The minimum atomic E-state index is -0.425. The lowest BCUT2D eigenvalue weighted by Gasteiger charge is -2.06. The zero-order valence-electron chi connectivity index (χ0n) is 16.7. The van der Waals surface area contributed by atoms with E-state index in [0.717, 1.165) is 6.42 Å². The Kier molecular flexibility index (Phi) is 6.07. The number of nitrogens with one attached hydrogen (secondary N) is 2. The first-order valence-corrected chi connectivity index (χ1v) is 9.54. The number of imidazole rings is 1. The summed E-state index contributed by atoms with van der Waals surface area (Å²) in [4.78, 5) is 41.1. The summed E-state index contributed by atoms with van der Waals surface area (Å²) in [6, 6.07) is 11.9. The van der Waals surface area contributed by atoms with Crippen LogP contribution in [0.3, 0.4) is 0 Å². The molecule has 0 fully saturated rings. The fraction of sp³-hybridized carbons (Fsp3) is 0.273. The van der Waals surface area contributed by atoms with Gasteiger partial charge < -0.3 is 10.6 Å². The molecule has 3 aromatic rings. The van der Waals surface area contributed by atoms with Gasteiger partial charge >= 0.3 is 0 Å². The van der Waals surface area contributed by atoms with E-state index in [9.17, 15) is 14.4 Å². The maximum absolute atomic E-state index is 12.8. The Labute approximate surface area is 169 Å². The van der Waals surface area contributed by atoms with Crippen molar-refractivity contribution in [3.8, 4) is 0 Å². The molecule has 0 aliphatic heterocycles. The van der Waals surface area contributed by atoms with Crippen molar-refractivity contribution in [2.75, 3.05) is 11.9 Å². The summed E-state index contributed by atoms with van der Waals surface area (Å²) in [6.45, 7) is 6.20. The number of carbonyl (C=O) groups excluding carboxylic acids is 3. The zero-order valence-corrected chi connectivity index (χ0v) is 16.7. The number of benzene rings is 1. The molecule has 29 heavy (non-hydrogen) atoms. The van der Waals surface area contributed by atoms with E-state index in [0.29, 0.717) is 29.2 Å². The third-order valence-corrected chi connectivity index (χ3v) is 4.52. The monoisotopic (exact) mass is 392 g/mol. The number of ketones is 1. The maximum atomic E-state index is 12.8. The average Bonchev–Trinajstić information content (AvgIpc) is 3.08. The summed E-state index contributed by atoms with van der Waals surface area (Å²) in [6.07, 6.45) is 2.57. The summed E-state index contributed by atoms with van der Waals surface area (Å²) in [5.41, 5.74) is 1.81. The van der Waals surface area contributed by atoms with Crippen LogP contribution >= 0.6 is 0 Å². The predicted molar refractivity (Wildman–Crippen MR) is 111 cm³/mol. The SMILES string of the molecule is CC(=O)c1ccc(NC(=O)c2nc(C(=O)NCCC(C)C)n3ccccc23)cc1. The smallest absolute Gasteiger partial charge is 0.287 e.